The highest BCUT2D eigenvalue weighted by atomic mass is 79.9. The summed E-state index contributed by atoms with van der Waals surface area (Å²) in [6.45, 7) is 1.96. The van der Waals surface area contributed by atoms with Crippen molar-refractivity contribution < 1.29 is 0 Å². The van der Waals surface area contributed by atoms with Crippen molar-refractivity contribution in [3.05, 3.63) is 40.0 Å². The van der Waals surface area contributed by atoms with Gasteiger partial charge < -0.3 is 5.73 Å². The molecule has 0 spiro atoms. The van der Waals surface area contributed by atoms with Gasteiger partial charge in [0.05, 0.1) is 10.7 Å². The Morgan fingerprint density at radius 1 is 1.44 bits per heavy atom. The van der Waals surface area contributed by atoms with E-state index in [0.29, 0.717) is 0 Å². The first-order chi connectivity index (χ1) is 8.47. The first-order valence-corrected chi connectivity index (χ1v) is 6.91. The summed E-state index contributed by atoms with van der Waals surface area (Å²) in [5.41, 5.74) is 7.31. The molecule has 0 fully saturated rings. The van der Waals surface area contributed by atoms with Gasteiger partial charge in [-0.05, 0) is 31.2 Å². The van der Waals surface area contributed by atoms with Crippen LogP contribution in [0, 0.1) is 12.3 Å². The van der Waals surface area contributed by atoms with Gasteiger partial charge in [-0.1, -0.05) is 27.7 Å². The van der Waals surface area contributed by atoms with Gasteiger partial charge in [0.2, 0.25) is 0 Å². The summed E-state index contributed by atoms with van der Waals surface area (Å²) in [5.74, 6) is 0.0673. The highest BCUT2D eigenvalue weighted by Gasteiger charge is 2.10. The smallest absolute Gasteiger partial charge is 0.123 e. The fourth-order valence-electron chi connectivity index (χ4n) is 1.60. The van der Waals surface area contributed by atoms with E-state index in [0.717, 1.165) is 25.7 Å². The fourth-order valence-corrected chi connectivity index (χ4v) is 3.00. The lowest BCUT2D eigenvalue weighted by Gasteiger charge is -2.08. The number of nitrogens with zero attached hydrogens (tertiary/aromatic N) is 2. The van der Waals surface area contributed by atoms with Crippen LogP contribution in [0.4, 0.5) is 0 Å². The molecule has 0 atom stereocenters. The third kappa shape index (κ3) is 2.76. The van der Waals surface area contributed by atoms with Crippen LogP contribution in [0.1, 0.15) is 11.3 Å². The Balaban J connectivity index is 2.40. The maximum atomic E-state index is 7.62. The number of hydrogen-bond acceptors (Lipinski definition) is 3. The molecule has 0 saturated carbocycles. The Morgan fingerprint density at radius 2 is 2.17 bits per heavy atom. The maximum absolute atomic E-state index is 7.62. The number of aryl methyl sites for hydroxylation is 2. The third-order valence-electron chi connectivity index (χ3n) is 2.41. The van der Waals surface area contributed by atoms with Crippen LogP contribution in [-0.4, -0.2) is 15.6 Å². The van der Waals surface area contributed by atoms with Crippen molar-refractivity contribution in [1.29, 1.82) is 5.41 Å². The van der Waals surface area contributed by atoms with Gasteiger partial charge in [0.25, 0.3) is 0 Å². The van der Waals surface area contributed by atoms with Crippen molar-refractivity contribution >= 4 is 33.5 Å². The number of benzene rings is 1. The largest absolute Gasteiger partial charge is 0.384 e. The van der Waals surface area contributed by atoms with Crippen molar-refractivity contribution in [2.45, 2.75) is 16.8 Å². The lowest BCUT2D eigenvalue weighted by Crippen LogP contribution is -2.12. The van der Waals surface area contributed by atoms with E-state index in [1.807, 2.05) is 42.9 Å². The minimum absolute atomic E-state index is 0.0673. The summed E-state index contributed by atoms with van der Waals surface area (Å²) in [4.78, 5) is 0.953. The molecule has 0 radical (unpaired) electrons. The van der Waals surface area contributed by atoms with Gasteiger partial charge in [0.15, 0.2) is 0 Å². The van der Waals surface area contributed by atoms with Gasteiger partial charge in [-0.15, -0.1) is 0 Å². The van der Waals surface area contributed by atoms with Crippen LogP contribution < -0.4 is 5.73 Å². The van der Waals surface area contributed by atoms with E-state index < -0.39 is 0 Å². The average molecular weight is 325 g/mol. The van der Waals surface area contributed by atoms with Crippen molar-refractivity contribution in [2.24, 2.45) is 12.8 Å². The summed E-state index contributed by atoms with van der Waals surface area (Å²) in [7, 11) is 1.90. The molecule has 18 heavy (non-hydrogen) atoms. The minimum Gasteiger partial charge on any atom is -0.384 e. The zero-order valence-electron chi connectivity index (χ0n) is 10.1. The van der Waals surface area contributed by atoms with Crippen LogP contribution in [0.3, 0.4) is 0 Å². The molecule has 0 aliphatic rings. The number of amidine groups is 1. The van der Waals surface area contributed by atoms with E-state index in [2.05, 4.69) is 21.0 Å². The van der Waals surface area contributed by atoms with Crippen LogP contribution in [0.25, 0.3) is 0 Å². The molecule has 0 unspecified atom stereocenters. The van der Waals surface area contributed by atoms with E-state index in [1.54, 1.807) is 11.8 Å². The Labute approximate surface area is 118 Å². The Kier molecular flexibility index (Phi) is 3.77. The average Bonchev–Trinajstić information content (AvgIpc) is 2.60. The van der Waals surface area contributed by atoms with Crippen LogP contribution in [0.15, 0.2) is 38.7 Å². The Morgan fingerprint density at radius 3 is 2.72 bits per heavy atom. The predicted molar refractivity (Wildman–Crippen MR) is 77.2 cm³/mol. The minimum atomic E-state index is 0.0673. The van der Waals surface area contributed by atoms with Crippen LogP contribution in [-0.2, 0) is 7.05 Å². The molecule has 4 nitrogen and oxygen atoms in total. The van der Waals surface area contributed by atoms with Gasteiger partial charge >= 0.3 is 0 Å². The molecule has 1 aromatic carbocycles. The first kappa shape index (κ1) is 13.2. The molecule has 94 valence electrons. The number of aromatic nitrogens is 2. The number of nitrogens with one attached hydrogen (secondary N) is 1. The molecule has 3 N–H and O–H groups in total. The lowest BCUT2D eigenvalue weighted by molar-refractivity contribution is 0.692. The molecule has 0 bridgehead atoms. The molecule has 2 rings (SSSR count). The number of halogens is 1. The SMILES string of the molecule is Cc1cc(Sc2ccc(Br)cc2C(=N)N)n(C)n1. The van der Waals surface area contributed by atoms with Crippen molar-refractivity contribution in [3.63, 3.8) is 0 Å². The van der Waals surface area contributed by atoms with Crippen molar-refractivity contribution in [3.8, 4) is 0 Å². The molecule has 0 aliphatic carbocycles. The van der Waals surface area contributed by atoms with Crippen molar-refractivity contribution in [1.82, 2.24) is 9.78 Å². The number of nitrogens with two attached hydrogens (primary N) is 1. The van der Waals surface area contributed by atoms with Gasteiger partial charge in [-0.25, -0.2) is 0 Å². The zero-order valence-corrected chi connectivity index (χ0v) is 12.5. The molecule has 6 heteroatoms. The Bertz CT molecular complexity index is 606. The fraction of sp³-hybridized carbons (Fsp3) is 0.167. The van der Waals surface area contributed by atoms with E-state index in [-0.39, 0.29) is 5.84 Å². The highest BCUT2D eigenvalue weighted by molar-refractivity contribution is 9.10. The maximum Gasteiger partial charge on any atom is 0.123 e. The first-order valence-electron chi connectivity index (χ1n) is 5.30. The summed E-state index contributed by atoms with van der Waals surface area (Å²) in [5, 5.41) is 12.9. The molecular weight excluding hydrogens is 312 g/mol. The summed E-state index contributed by atoms with van der Waals surface area (Å²) in [6, 6.07) is 7.76. The molecule has 1 heterocycles. The number of rotatable bonds is 3. The second-order valence-corrected chi connectivity index (χ2v) is 5.88. The monoisotopic (exact) mass is 324 g/mol. The zero-order chi connectivity index (χ0) is 13.3. The lowest BCUT2D eigenvalue weighted by atomic mass is 10.2. The summed E-state index contributed by atoms with van der Waals surface area (Å²) < 4.78 is 2.74. The molecular formula is C12H13BrN4S. The third-order valence-corrected chi connectivity index (χ3v) is 4.07. The normalized spacial score (nSPS) is 10.6. The van der Waals surface area contributed by atoms with Gasteiger partial charge in [0, 0.05) is 22.0 Å². The summed E-state index contributed by atoms with van der Waals surface area (Å²) in [6.07, 6.45) is 0. The second-order valence-electron chi connectivity index (χ2n) is 3.90. The van der Waals surface area contributed by atoms with Gasteiger partial charge in [0.1, 0.15) is 5.84 Å². The predicted octanol–water partition coefficient (Wildman–Crippen LogP) is 2.93. The highest BCUT2D eigenvalue weighted by Crippen LogP contribution is 2.32. The van der Waals surface area contributed by atoms with Crippen molar-refractivity contribution in [2.75, 3.05) is 0 Å². The van der Waals surface area contributed by atoms with E-state index in [4.69, 9.17) is 11.1 Å². The Hall–Kier alpha value is -1.27. The van der Waals surface area contributed by atoms with Crippen LogP contribution in [0.2, 0.25) is 0 Å². The molecule has 0 saturated heterocycles. The molecule has 2 aromatic rings. The van der Waals surface area contributed by atoms with E-state index in [1.165, 1.54) is 0 Å². The van der Waals surface area contributed by atoms with E-state index in [9.17, 15) is 0 Å². The number of nitrogen functional groups attached to an aromatic ring is 1. The quantitative estimate of drug-likeness (QED) is 0.673. The van der Waals surface area contributed by atoms with Gasteiger partial charge in [-0.3, -0.25) is 10.1 Å². The second kappa shape index (κ2) is 5.16. The standard InChI is InChI=1S/C12H13BrN4S/c1-7-5-11(17(2)16-7)18-10-4-3-8(13)6-9(10)12(14)15/h3-6H,1-2H3,(H3,14,15). The van der Waals surface area contributed by atoms with Gasteiger partial charge in [-0.2, -0.15) is 5.10 Å². The van der Waals surface area contributed by atoms with E-state index >= 15 is 0 Å². The summed E-state index contributed by atoms with van der Waals surface area (Å²) >= 11 is 4.95. The number of hydrogen-bond donors (Lipinski definition) is 2. The molecule has 0 amide bonds. The topological polar surface area (TPSA) is 67.7 Å². The van der Waals surface area contributed by atoms with Crippen LogP contribution in [0.5, 0.6) is 0 Å². The molecule has 1 aromatic heterocycles. The van der Waals surface area contributed by atoms with Crippen LogP contribution >= 0.6 is 27.7 Å². The molecule has 0 aliphatic heterocycles.